The number of halogens is 4. The summed E-state index contributed by atoms with van der Waals surface area (Å²) < 4.78 is 41.5. The van der Waals surface area contributed by atoms with Crippen LogP contribution < -0.4 is 4.74 Å². The molecule has 0 atom stereocenters. The monoisotopic (exact) mass is 209 g/mol. The summed E-state index contributed by atoms with van der Waals surface area (Å²) in [4.78, 5) is 0. The van der Waals surface area contributed by atoms with Crippen molar-refractivity contribution in [2.24, 2.45) is 0 Å². The van der Waals surface area contributed by atoms with Gasteiger partial charge in [-0.05, 0) is 18.2 Å². The van der Waals surface area contributed by atoms with Crippen LogP contribution in [0.2, 0.25) is 5.02 Å². The van der Waals surface area contributed by atoms with Gasteiger partial charge in [0.25, 0.3) is 0 Å². The molecular formula is C8H5ClF3O. The molecule has 0 aromatic heterocycles. The van der Waals surface area contributed by atoms with Crippen LogP contribution in [0, 0.1) is 6.07 Å². The van der Waals surface area contributed by atoms with Gasteiger partial charge in [-0.25, -0.2) is 0 Å². The summed E-state index contributed by atoms with van der Waals surface area (Å²) in [6.07, 6.45) is -4.50. The zero-order valence-corrected chi connectivity index (χ0v) is 7.33. The molecule has 0 unspecified atom stereocenters. The number of hydrogen-bond donors (Lipinski definition) is 0. The Morgan fingerprint density at radius 3 is 2.38 bits per heavy atom. The van der Waals surface area contributed by atoms with E-state index in [-0.39, 0.29) is 5.75 Å². The third-order valence-electron chi connectivity index (χ3n) is 1.41. The van der Waals surface area contributed by atoms with Crippen molar-refractivity contribution in [2.75, 3.05) is 7.11 Å². The van der Waals surface area contributed by atoms with Crippen LogP contribution in [0.15, 0.2) is 12.1 Å². The van der Waals surface area contributed by atoms with Gasteiger partial charge in [0.05, 0.1) is 12.1 Å². The molecular weight excluding hydrogens is 205 g/mol. The van der Waals surface area contributed by atoms with Gasteiger partial charge < -0.3 is 4.74 Å². The van der Waals surface area contributed by atoms with Crippen molar-refractivity contribution in [3.63, 3.8) is 0 Å². The van der Waals surface area contributed by atoms with E-state index in [0.29, 0.717) is 0 Å². The topological polar surface area (TPSA) is 9.23 Å². The molecule has 1 aromatic rings. The molecule has 0 fully saturated rings. The molecule has 0 amide bonds. The summed E-state index contributed by atoms with van der Waals surface area (Å²) in [5, 5.41) is -0.410. The van der Waals surface area contributed by atoms with E-state index in [1.165, 1.54) is 0 Å². The first-order chi connectivity index (χ1) is 5.96. The average Bonchev–Trinajstić information content (AvgIpc) is 2.01. The first kappa shape index (κ1) is 10.2. The standard InChI is InChI=1S/C8H5ClF3O/c1-13-6-4-2-3-5(9)7(6)8(10,11)12/h3-4H,1H3. The van der Waals surface area contributed by atoms with Gasteiger partial charge in [-0.1, -0.05) is 11.6 Å². The fraction of sp³-hybridized carbons (Fsp3) is 0.250. The van der Waals surface area contributed by atoms with E-state index in [2.05, 4.69) is 10.8 Å². The Morgan fingerprint density at radius 1 is 1.38 bits per heavy atom. The number of hydrogen-bond acceptors (Lipinski definition) is 1. The maximum Gasteiger partial charge on any atom is 0.421 e. The Hall–Kier alpha value is -0.900. The predicted octanol–water partition coefficient (Wildman–Crippen LogP) is 3.17. The molecule has 0 saturated heterocycles. The highest BCUT2D eigenvalue weighted by molar-refractivity contribution is 6.31. The molecule has 0 N–H and O–H groups in total. The zero-order valence-electron chi connectivity index (χ0n) is 6.57. The van der Waals surface area contributed by atoms with Gasteiger partial charge in [-0.15, -0.1) is 0 Å². The maximum atomic E-state index is 12.3. The fourth-order valence-electron chi connectivity index (χ4n) is 0.889. The molecule has 0 aliphatic carbocycles. The lowest BCUT2D eigenvalue weighted by Crippen LogP contribution is -2.08. The van der Waals surface area contributed by atoms with Gasteiger partial charge in [0.15, 0.2) is 0 Å². The summed E-state index contributed by atoms with van der Waals surface area (Å²) in [5.74, 6) is -0.319. The van der Waals surface area contributed by atoms with E-state index < -0.39 is 16.8 Å². The lowest BCUT2D eigenvalue weighted by molar-refractivity contribution is -0.138. The molecule has 0 saturated carbocycles. The first-order valence-electron chi connectivity index (χ1n) is 3.27. The van der Waals surface area contributed by atoms with E-state index >= 15 is 0 Å². The summed E-state index contributed by atoms with van der Waals surface area (Å²) in [5.41, 5.74) is -0.963. The van der Waals surface area contributed by atoms with E-state index in [1.807, 2.05) is 0 Å². The van der Waals surface area contributed by atoms with Crippen LogP contribution in [-0.2, 0) is 6.18 Å². The van der Waals surface area contributed by atoms with Gasteiger partial charge in [0.1, 0.15) is 11.3 Å². The highest BCUT2D eigenvalue weighted by Crippen LogP contribution is 2.40. The van der Waals surface area contributed by atoms with Gasteiger partial charge in [0, 0.05) is 0 Å². The molecule has 0 bridgehead atoms. The first-order valence-corrected chi connectivity index (χ1v) is 3.65. The number of benzene rings is 1. The summed E-state index contributed by atoms with van der Waals surface area (Å²) >= 11 is 5.36. The number of rotatable bonds is 1. The van der Waals surface area contributed by atoms with Crippen molar-refractivity contribution in [1.82, 2.24) is 0 Å². The van der Waals surface area contributed by atoms with Crippen LogP contribution in [0.4, 0.5) is 13.2 Å². The third-order valence-corrected chi connectivity index (χ3v) is 1.71. The Bertz CT molecular complexity index is 309. The van der Waals surface area contributed by atoms with Gasteiger partial charge >= 0.3 is 6.18 Å². The summed E-state index contributed by atoms with van der Waals surface area (Å²) in [6.45, 7) is 0. The lowest BCUT2D eigenvalue weighted by atomic mass is 10.2. The molecule has 13 heavy (non-hydrogen) atoms. The molecule has 0 heterocycles. The second-order valence-corrected chi connectivity index (χ2v) is 2.65. The highest BCUT2D eigenvalue weighted by atomic mass is 35.5. The molecule has 1 rings (SSSR count). The van der Waals surface area contributed by atoms with Crippen LogP contribution >= 0.6 is 11.6 Å². The summed E-state index contributed by atoms with van der Waals surface area (Å²) in [7, 11) is 1.15. The normalized spacial score (nSPS) is 11.5. The molecule has 0 aliphatic rings. The van der Waals surface area contributed by atoms with Crippen molar-refractivity contribution in [3.05, 3.63) is 28.8 Å². The molecule has 5 heteroatoms. The minimum atomic E-state index is -4.50. The van der Waals surface area contributed by atoms with Crippen molar-refractivity contribution in [1.29, 1.82) is 0 Å². The fourth-order valence-corrected chi connectivity index (χ4v) is 1.15. The minimum absolute atomic E-state index is 0.319. The lowest BCUT2D eigenvalue weighted by Gasteiger charge is -2.12. The highest BCUT2D eigenvalue weighted by Gasteiger charge is 2.36. The van der Waals surface area contributed by atoms with Gasteiger partial charge in [0.2, 0.25) is 0 Å². The molecule has 0 aliphatic heterocycles. The van der Waals surface area contributed by atoms with Gasteiger partial charge in [-0.2, -0.15) is 13.2 Å². The third kappa shape index (κ3) is 2.06. The van der Waals surface area contributed by atoms with Crippen LogP contribution in [0.25, 0.3) is 0 Å². The van der Waals surface area contributed by atoms with Crippen LogP contribution in [-0.4, -0.2) is 7.11 Å². The molecule has 1 aromatic carbocycles. The number of alkyl halides is 3. The van der Waals surface area contributed by atoms with E-state index in [0.717, 1.165) is 19.2 Å². The van der Waals surface area contributed by atoms with Crippen LogP contribution in [0.1, 0.15) is 5.56 Å². The van der Waals surface area contributed by atoms with Crippen LogP contribution in [0.5, 0.6) is 5.75 Å². The average molecular weight is 210 g/mol. The van der Waals surface area contributed by atoms with Crippen molar-refractivity contribution >= 4 is 11.6 Å². The number of methoxy groups -OCH3 is 1. The SMILES string of the molecule is COc1c[c]cc(Cl)c1C(F)(F)F. The Kier molecular flexibility index (Phi) is 2.71. The second-order valence-electron chi connectivity index (χ2n) is 2.24. The Balaban J connectivity index is 3.32. The largest absolute Gasteiger partial charge is 0.496 e. The molecule has 0 spiro atoms. The van der Waals surface area contributed by atoms with Crippen molar-refractivity contribution < 1.29 is 17.9 Å². The Labute approximate surface area is 78.1 Å². The van der Waals surface area contributed by atoms with E-state index in [1.54, 1.807) is 0 Å². The zero-order chi connectivity index (χ0) is 10.1. The maximum absolute atomic E-state index is 12.3. The Morgan fingerprint density at radius 2 is 2.00 bits per heavy atom. The molecule has 71 valence electrons. The molecule has 1 radical (unpaired) electrons. The van der Waals surface area contributed by atoms with E-state index in [9.17, 15) is 13.2 Å². The summed E-state index contributed by atoms with van der Waals surface area (Å²) in [6, 6.07) is 4.58. The minimum Gasteiger partial charge on any atom is -0.496 e. The predicted molar refractivity (Wildman–Crippen MR) is 41.8 cm³/mol. The van der Waals surface area contributed by atoms with E-state index in [4.69, 9.17) is 11.6 Å². The van der Waals surface area contributed by atoms with Crippen molar-refractivity contribution in [2.45, 2.75) is 6.18 Å². The second kappa shape index (κ2) is 3.46. The molecule has 1 nitrogen and oxygen atoms in total. The quantitative estimate of drug-likeness (QED) is 0.690. The van der Waals surface area contributed by atoms with Crippen molar-refractivity contribution in [3.8, 4) is 5.75 Å². The van der Waals surface area contributed by atoms with Gasteiger partial charge in [-0.3, -0.25) is 0 Å². The smallest absolute Gasteiger partial charge is 0.421 e. The van der Waals surface area contributed by atoms with Crippen LogP contribution in [0.3, 0.4) is 0 Å². The number of ether oxygens (including phenoxy) is 1.